The molecular weight excluding hydrogens is 210 g/mol. The Labute approximate surface area is 94.1 Å². The van der Waals surface area contributed by atoms with Crippen molar-refractivity contribution in [3.8, 4) is 0 Å². The van der Waals surface area contributed by atoms with Crippen LogP contribution >= 0.6 is 11.3 Å². The maximum absolute atomic E-state index is 9.82. The van der Waals surface area contributed by atoms with Gasteiger partial charge in [-0.2, -0.15) is 0 Å². The fraction of sp³-hybridized carbons (Fsp3) is 0.727. The van der Waals surface area contributed by atoms with Crippen LogP contribution in [0, 0.1) is 0 Å². The Kier molecular flexibility index (Phi) is 3.09. The van der Waals surface area contributed by atoms with Gasteiger partial charge in [-0.05, 0) is 26.7 Å². The highest BCUT2D eigenvalue weighted by Gasteiger charge is 2.24. The molecular formula is C11H17NO2S. The van der Waals surface area contributed by atoms with Gasteiger partial charge in [-0.1, -0.05) is 0 Å². The minimum absolute atomic E-state index is 0.520. The summed E-state index contributed by atoms with van der Waals surface area (Å²) in [6.45, 7) is 5.22. The van der Waals surface area contributed by atoms with Crippen LogP contribution in [0.2, 0.25) is 0 Å². The van der Waals surface area contributed by atoms with Crippen LogP contribution in [0.5, 0.6) is 0 Å². The zero-order valence-electron chi connectivity index (χ0n) is 9.19. The standard InChI is InChI=1S/C11H17NO2S/c1-11(2,13)10-12-9(7-15-10)8-3-5-14-6-4-8/h7-8,13H,3-6H2,1-2H3. The quantitative estimate of drug-likeness (QED) is 0.842. The minimum Gasteiger partial charge on any atom is -0.383 e. The summed E-state index contributed by atoms with van der Waals surface area (Å²) < 4.78 is 5.32. The van der Waals surface area contributed by atoms with Crippen LogP contribution in [0.4, 0.5) is 0 Å². The molecule has 0 radical (unpaired) electrons. The van der Waals surface area contributed by atoms with E-state index in [1.807, 2.05) is 0 Å². The van der Waals surface area contributed by atoms with Crippen molar-refractivity contribution >= 4 is 11.3 Å². The molecule has 1 aliphatic heterocycles. The molecule has 4 heteroatoms. The SMILES string of the molecule is CC(C)(O)c1nc(C2CCOCC2)cs1. The molecule has 1 aromatic heterocycles. The predicted octanol–water partition coefficient (Wildman–Crippen LogP) is 2.26. The number of thiazole rings is 1. The topological polar surface area (TPSA) is 42.4 Å². The molecule has 1 N–H and O–H groups in total. The first kappa shape index (κ1) is 11.0. The van der Waals surface area contributed by atoms with Crippen molar-refractivity contribution in [2.45, 2.75) is 38.2 Å². The highest BCUT2D eigenvalue weighted by molar-refractivity contribution is 7.09. The fourth-order valence-electron chi connectivity index (χ4n) is 1.75. The Balaban J connectivity index is 2.12. The van der Waals surface area contributed by atoms with Crippen molar-refractivity contribution in [3.63, 3.8) is 0 Å². The summed E-state index contributed by atoms with van der Waals surface area (Å²) in [7, 11) is 0. The van der Waals surface area contributed by atoms with Crippen molar-refractivity contribution < 1.29 is 9.84 Å². The van der Waals surface area contributed by atoms with Gasteiger partial charge in [0.15, 0.2) is 0 Å². The van der Waals surface area contributed by atoms with Gasteiger partial charge in [-0.3, -0.25) is 0 Å². The third-order valence-corrected chi connectivity index (χ3v) is 3.86. The first-order chi connectivity index (χ1) is 7.07. The maximum atomic E-state index is 9.82. The molecule has 0 aliphatic carbocycles. The summed E-state index contributed by atoms with van der Waals surface area (Å²) in [4.78, 5) is 4.52. The van der Waals surface area contributed by atoms with Gasteiger partial charge in [0.2, 0.25) is 0 Å². The molecule has 1 fully saturated rings. The Hall–Kier alpha value is -0.450. The second-order valence-corrected chi connectivity index (χ2v) is 5.38. The molecule has 0 aromatic carbocycles. The van der Waals surface area contributed by atoms with E-state index < -0.39 is 5.60 Å². The Morgan fingerprint density at radius 2 is 2.13 bits per heavy atom. The zero-order chi connectivity index (χ0) is 10.9. The summed E-state index contributed by atoms with van der Waals surface area (Å²) in [5.41, 5.74) is 0.314. The van der Waals surface area contributed by atoms with Gasteiger partial charge < -0.3 is 9.84 Å². The smallest absolute Gasteiger partial charge is 0.124 e. The van der Waals surface area contributed by atoms with Gasteiger partial charge in [0.25, 0.3) is 0 Å². The van der Waals surface area contributed by atoms with Crippen molar-refractivity contribution in [3.05, 3.63) is 16.1 Å². The van der Waals surface area contributed by atoms with Crippen LogP contribution < -0.4 is 0 Å². The maximum Gasteiger partial charge on any atom is 0.124 e. The lowest BCUT2D eigenvalue weighted by Crippen LogP contribution is -2.17. The number of hydrogen-bond acceptors (Lipinski definition) is 4. The van der Waals surface area contributed by atoms with E-state index in [2.05, 4.69) is 10.4 Å². The molecule has 0 unspecified atom stereocenters. The van der Waals surface area contributed by atoms with E-state index >= 15 is 0 Å². The van der Waals surface area contributed by atoms with Gasteiger partial charge in [0.05, 0.1) is 5.69 Å². The van der Waals surface area contributed by atoms with Crippen LogP contribution in [-0.4, -0.2) is 23.3 Å². The van der Waals surface area contributed by atoms with Gasteiger partial charge >= 0.3 is 0 Å². The molecule has 0 amide bonds. The molecule has 2 rings (SSSR count). The number of aromatic nitrogens is 1. The Morgan fingerprint density at radius 3 is 2.67 bits per heavy atom. The average molecular weight is 227 g/mol. The Morgan fingerprint density at radius 1 is 1.47 bits per heavy atom. The van der Waals surface area contributed by atoms with Gasteiger partial charge in [-0.25, -0.2) is 4.98 Å². The fourth-order valence-corrected chi connectivity index (χ4v) is 2.67. The summed E-state index contributed by atoms with van der Waals surface area (Å²) in [6.07, 6.45) is 2.10. The van der Waals surface area contributed by atoms with Crippen LogP contribution in [0.25, 0.3) is 0 Å². The summed E-state index contributed by atoms with van der Waals surface area (Å²) in [6, 6.07) is 0. The third kappa shape index (κ3) is 2.56. The molecule has 0 saturated carbocycles. The first-order valence-corrected chi connectivity index (χ1v) is 6.21. The third-order valence-electron chi connectivity index (χ3n) is 2.68. The summed E-state index contributed by atoms with van der Waals surface area (Å²) in [5.74, 6) is 0.520. The molecule has 3 nitrogen and oxygen atoms in total. The summed E-state index contributed by atoms with van der Waals surface area (Å²) >= 11 is 1.55. The van der Waals surface area contributed by atoms with E-state index in [-0.39, 0.29) is 0 Å². The molecule has 1 aliphatic rings. The van der Waals surface area contributed by atoms with Crippen LogP contribution in [0.3, 0.4) is 0 Å². The van der Waals surface area contributed by atoms with Crippen molar-refractivity contribution in [2.75, 3.05) is 13.2 Å². The van der Waals surface area contributed by atoms with Crippen LogP contribution in [0.1, 0.15) is 43.3 Å². The predicted molar refractivity (Wildman–Crippen MR) is 60.2 cm³/mol. The molecule has 0 atom stereocenters. The van der Waals surface area contributed by atoms with E-state index in [0.29, 0.717) is 5.92 Å². The lowest BCUT2D eigenvalue weighted by atomic mass is 9.97. The molecule has 84 valence electrons. The monoisotopic (exact) mass is 227 g/mol. The number of hydrogen-bond donors (Lipinski definition) is 1. The number of nitrogens with zero attached hydrogens (tertiary/aromatic N) is 1. The van der Waals surface area contributed by atoms with E-state index in [1.165, 1.54) is 0 Å². The van der Waals surface area contributed by atoms with Crippen LogP contribution in [0.15, 0.2) is 5.38 Å². The van der Waals surface area contributed by atoms with Gasteiger partial charge in [-0.15, -0.1) is 11.3 Å². The normalized spacial score (nSPS) is 19.4. The van der Waals surface area contributed by atoms with E-state index in [1.54, 1.807) is 25.2 Å². The molecule has 1 saturated heterocycles. The number of aliphatic hydroxyl groups is 1. The van der Waals surface area contributed by atoms with E-state index in [9.17, 15) is 5.11 Å². The molecule has 2 heterocycles. The lowest BCUT2D eigenvalue weighted by Gasteiger charge is -2.20. The average Bonchev–Trinajstić information content (AvgIpc) is 2.67. The zero-order valence-corrected chi connectivity index (χ0v) is 10.0. The molecule has 0 bridgehead atoms. The van der Waals surface area contributed by atoms with Crippen molar-refractivity contribution in [1.82, 2.24) is 4.98 Å². The highest BCUT2D eigenvalue weighted by atomic mass is 32.1. The minimum atomic E-state index is -0.811. The van der Waals surface area contributed by atoms with E-state index in [0.717, 1.165) is 36.8 Å². The number of rotatable bonds is 2. The second-order valence-electron chi connectivity index (χ2n) is 4.52. The molecule has 1 aromatic rings. The number of ether oxygens (including phenoxy) is 1. The van der Waals surface area contributed by atoms with Crippen molar-refractivity contribution in [1.29, 1.82) is 0 Å². The lowest BCUT2D eigenvalue weighted by molar-refractivity contribution is 0.0762. The molecule has 0 spiro atoms. The van der Waals surface area contributed by atoms with Gasteiger partial charge in [0.1, 0.15) is 10.6 Å². The first-order valence-electron chi connectivity index (χ1n) is 5.33. The highest BCUT2D eigenvalue weighted by Crippen LogP contribution is 2.31. The van der Waals surface area contributed by atoms with Crippen molar-refractivity contribution in [2.24, 2.45) is 0 Å². The Bertz CT molecular complexity index is 324. The second kappa shape index (κ2) is 4.20. The van der Waals surface area contributed by atoms with Gasteiger partial charge in [0, 0.05) is 24.5 Å². The van der Waals surface area contributed by atoms with Crippen LogP contribution in [-0.2, 0) is 10.3 Å². The largest absolute Gasteiger partial charge is 0.383 e. The van der Waals surface area contributed by atoms with E-state index in [4.69, 9.17) is 4.74 Å². The molecule has 15 heavy (non-hydrogen) atoms. The summed E-state index contributed by atoms with van der Waals surface area (Å²) in [5, 5.41) is 12.7.